The summed E-state index contributed by atoms with van der Waals surface area (Å²) in [6.07, 6.45) is 1.85. The van der Waals surface area contributed by atoms with Gasteiger partial charge in [-0.25, -0.2) is 0 Å². The second kappa shape index (κ2) is 7.20. The average molecular weight is 400 g/mol. The van der Waals surface area contributed by atoms with E-state index in [4.69, 9.17) is 0 Å². The Hall–Kier alpha value is -2.41. The molecule has 4 rings (SSSR count). The Kier molecular flexibility index (Phi) is 4.87. The van der Waals surface area contributed by atoms with E-state index in [1.165, 1.54) is 11.3 Å². The molecule has 0 bridgehead atoms. The molecule has 2 aromatic rings. The van der Waals surface area contributed by atoms with Crippen LogP contribution in [0.25, 0.3) is 10.1 Å². The Bertz CT molecular complexity index is 895. The maximum absolute atomic E-state index is 12.8. The van der Waals surface area contributed by atoms with E-state index in [1.54, 1.807) is 14.7 Å². The molecule has 148 valence electrons. The molecule has 0 unspecified atom stereocenters. The SMILES string of the molecule is CC1(C)CCCN1C(=O)C(=O)N1CCN(C(=O)c2cc3ccccc3s2)CC1. The molecule has 7 heteroatoms. The van der Waals surface area contributed by atoms with Crippen molar-refractivity contribution in [2.45, 2.75) is 32.2 Å². The number of likely N-dealkylation sites (tertiary alicyclic amines) is 1. The molecule has 2 fully saturated rings. The largest absolute Gasteiger partial charge is 0.334 e. The molecule has 2 aliphatic rings. The molecule has 0 aliphatic carbocycles. The number of hydrogen-bond donors (Lipinski definition) is 0. The standard InChI is InChI=1S/C21H25N3O3S/c1-21(2)8-5-9-24(21)20(27)19(26)23-12-10-22(11-13-23)18(25)17-14-15-6-3-4-7-16(15)28-17/h3-4,6-7,14H,5,8-13H2,1-2H3. The van der Waals surface area contributed by atoms with Crippen molar-refractivity contribution < 1.29 is 14.4 Å². The summed E-state index contributed by atoms with van der Waals surface area (Å²) in [7, 11) is 0. The summed E-state index contributed by atoms with van der Waals surface area (Å²) in [4.78, 5) is 43.9. The van der Waals surface area contributed by atoms with E-state index in [-0.39, 0.29) is 11.4 Å². The van der Waals surface area contributed by atoms with Gasteiger partial charge in [0.05, 0.1) is 4.88 Å². The highest BCUT2D eigenvalue weighted by Gasteiger charge is 2.40. The van der Waals surface area contributed by atoms with Crippen molar-refractivity contribution in [2.24, 2.45) is 0 Å². The van der Waals surface area contributed by atoms with Crippen LogP contribution in [0.5, 0.6) is 0 Å². The zero-order valence-electron chi connectivity index (χ0n) is 16.3. The second-order valence-corrected chi connectivity index (χ2v) is 9.19. The van der Waals surface area contributed by atoms with Gasteiger partial charge in [0.1, 0.15) is 0 Å². The Morgan fingerprint density at radius 1 is 0.929 bits per heavy atom. The van der Waals surface area contributed by atoms with E-state index in [0.717, 1.165) is 27.8 Å². The van der Waals surface area contributed by atoms with Crippen LogP contribution in [-0.4, -0.2) is 70.7 Å². The van der Waals surface area contributed by atoms with Gasteiger partial charge < -0.3 is 14.7 Å². The van der Waals surface area contributed by atoms with Crippen LogP contribution in [0.4, 0.5) is 0 Å². The number of carbonyl (C=O) groups excluding carboxylic acids is 3. The number of fused-ring (bicyclic) bond motifs is 1. The maximum Gasteiger partial charge on any atom is 0.312 e. The highest BCUT2D eigenvalue weighted by molar-refractivity contribution is 7.20. The van der Waals surface area contributed by atoms with Crippen molar-refractivity contribution in [1.82, 2.24) is 14.7 Å². The number of thiophene rings is 1. The van der Waals surface area contributed by atoms with Crippen LogP contribution >= 0.6 is 11.3 Å². The minimum Gasteiger partial charge on any atom is -0.334 e. The van der Waals surface area contributed by atoms with Gasteiger partial charge in [-0.1, -0.05) is 18.2 Å². The highest BCUT2D eigenvalue weighted by Crippen LogP contribution is 2.29. The third-order valence-corrected chi connectivity index (χ3v) is 6.92. The molecule has 0 spiro atoms. The molecule has 0 saturated carbocycles. The Morgan fingerprint density at radius 2 is 1.61 bits per heavy atom. The maximum atomic E-state index is 12.8. The van der Waals surface area contributed by atoms with E-state index in [0.29, 0.717) is 32.7 Å². The van der Waals surface area contributed by atoms with Crippen LogP contribution in [0, 0.1) is 0 Å². The van der Waals surface area contributed by atoms with Crippen LogP contribution in [0.1, 0.15) is 36.4 Å². The summed E-state index contributed by atoms with van der Waals surface area (Å²) in [5, 5.41) is 1.07. The van der Waals surface area contributed by atoms with Crippen LogP contribution in [-0.2, 0) is 9.59 Å². The lowest BCUT2D eigenvalue weighted by Gasteiger charge is -2.37. The topological polar surface area (TPSA) is 60.9 Å². The fraction of sp³-hybridized carbons (Fsp3) is 0.476. The molecule has 2 saturated heterocycles. The fourth-order valence-electron chi connectivity index (χ4n) is 4.09. The first-order chi connectivity index (χ1) is 13.4. The number of piperazine rings is 1. The summed E-state index contributed by atoms with van der Waals surface area (Å²) >= 11 is 1.50. The monoisotopic (exact) mass is 399 g/mol. The summed E-state index contributed by atoms with van der Waals surface area (Å²) in [5.74, 6) is -0.851. The first-order valence-corrected chi connectivity index (χ1v) is 10.6. The third-order valence-electron chi connectivity index (χ3n) is 5.82. The van der Waals surface area contributed by atoms with Gasteiger partial charge >= 0.3 is 11.8 Å². The molecule has 6 nitrogen and oxygen atoms in total. The van der Waals surface area contributed by atoms with Gasteiger partial charge in [0.15, 0.2) is 0 Å². The summed E-state index contributed by atoms with van der Waals surface area (Å²) in [5.41, 5.74) is -0.258. The zero-order valence-corrected chi connectivity index (χ0v) is 17.1. The van der Waals surface area contributed by atoms with Gasteiger partial charge in [-0.05, 0) is 44.2 Å². The Labute approximate surface area is 168 Å². The minimum absolute atomic E-state index is 0.000279. The summed E-state index contributed by atoms with van der Waals surface area (Å²) in [6, 6.07) is 9.88. The van der Waals surface area contributed by atoms with Crippen LogP contribution in [0.15, 0.2) is 30.3 Å². The lowest BCUT2D eigenvalue weighted by Crippen LogP contribution is -2.56. The highest BCUT2D eigenvalue weighted by atomic mass is 32.1. The summed E-state index contributed by atoms with van der Waals surface area (Å²) < 4.78 is 1.10. The van der Waals surface area contributed by atoms with Crippen molar-refractivity contribution in [3.8, 4) is 0 Å². The van der Waals surface area contributed by atoms with Crippen molar-refractivity contribution in [1.29, 1.82) is 0 Å². The molecule has 1 aromatic heterocycles. The Morgan fingerprint density at radius 3 is 2.25 bits per heavy atom. The molecule has 0 radical (unpaired) electrons. The molecular weight excluding hydrogens is 374 g/mol. The third kappa shape index (κ3) is 3.39. The molecule has 1 aromatic carbocycles. The van der Waals surface area contributed by atoms with Gasteiger partial charge in [-0.2, -0.15) is 0 Å². The van der Waals surface area contributed by atoms with E-state index in [1.807, 2.05) is 44.2 Å². The number of amides is 3. The van der Waals surface area contributed by atoms with Crippen molar-refractivity contribution in [3.63, 3.8) is 0 Å². The zero-order chi connectivity index (χ0) is 19.9. The lowest BCUT2D eigenvalue weighted by atomic mass is 10.0. The van der Waals surface area contributed by atoms with Crippen LogP contribution < -0.4 is 0 Å². The number of benzene rings is 1. The molecule has 3 heterocycles. The molecular formula is C21H25N3O3S. The number of carbonyl (C=O) groups is 3. The number of nitrogens with zero attached hydrogens (tertiary/aromatic N) is 3. The predicted molar refractivity (Wildman–Crippen MR) is 109 cm³/mol. The molecule has 2 aliphatic heterocycles. The molecule has 3 amide bonds. The van der Waals surface area contributed by atoms with E-state index in [2.05, 4.69) is 0 Å². The van der Waals surface area contributed by atoms with Crippen LogP contribution in [0.3, 0.4) is 0 Å². The first kappa shape index (κ1) is 18.9. The van der Waals surface area contributed by atoms with Gasteiger partial charge in [0, 0.05) is 43.0 Å². The van der Waals surface area contributed by atoms with Gasteiger partial charge in [0.2, 0.25) is 0 Å². The minimum atomic E-state index is -0.441. The van der Waals surface area contributed by atoms with Crippen molar-refractivity contribution in [2.75, 3.05) is 32.7 Å². The van der Waals surface area contributed by atoms with Crippen molar-refractivity contribution in [3.05, 3.63) is 35.2 Å². The predicted octanol–water partition coefficient (Wildman–Crippen LogP) is 2.59. The summed E-state index contributed by atoms with van der Waals surface area (Å²) in [6.45, 7) is 6.36. The molecule has 28 heavy (non-hydrogen) atoms. The second-order valence-electron chi connectivity index (χ2n) is 8.11. The fourth-order valence-corrected chi connectivity index (χ4v) is 5.12. The quantitative estimate of drug-likeness (QED) is 0.693. The van der Waals surface area contributed by atoms with Gasteiger partial charge in [-0.15, -0.1) is 11.3 Å². The smallest absolute Gasteiger partial charge is 0.312 e. The normalized spacial score (nSPS) is 19.3. The van der Waals surface area contributed by atoms with Gasteiger partial charge in [-0.3, -0.25) is 14.4 Å². The first-order valence-electron chi connectivity index (χ1n) is 9.75. The van der Waals surface area contributed by atoms with Gasteiger partial charge in [0.25, 0.3) is 5.91 Å². The molecule has 0 atom stereocenters. The van der Waals surface area contributed by atoms with Crippen molar-refractivity contribution >= 4 is 39.1 Å². The average Bonchev–Trinajstić information content (AvgIpc) is 3.29. The number of hydrogen-bond acceptors (Lipinski definition) is 4. The number of rotatable bonds is 1. The van der Waals surface area contributed by atoms with E-state index >= 15 is 0 Å². The molecule has 0 N–H and O–H groups in total. The Balaban J connectivity index is 1.38. The van der Waals surface area contributed by atoms with E-state index in [9.17, 15) is 14.4 Å². The van der Waals surface area contributed by atoms with E-state index < -0.39 is 11.8 Å². The lowest BCUT2D eigenvalue weighted by molar-refractivity contribution is -0.154. The van der Waals surface area contributed by atoms with Crippen LogP contribution in [0.2, 0.25) is 0 Å².